The summed E-state index contributed by atoms with van der Waals surface area (Å²) in [4.78, 5) is 0. The zero-order valence-electron chi connectivity index (χ0n) is 9.62. The second-order valence-electron chi connectivity index (χ2n) is 3.54. The molecule has 0 fully saturated rings. The summed E-state index contributed by atoms with van der Waals surface area (Å²) in [6.07, 6.45) is 2.04. The number of benzene rings is 1. The van der Waals surface area contributed by atoms with Crippen molar-refractivity contribution in [1.29, 1.82) is 0 Å². The lowest BCUT2D eigenvalue weighted by Gasteiger charge is -2.13. The van der Waals surface area contributed by atoms with Crippen LogP contribution < -0.4 is 15.2 Å². The van der Waals surface area contributed by atoms with Crippen LogP contribution in [0, 0.1) is 0 Å². The van der Waals surface area contributed by atoms with Gasteiger partial charge in [-0.1, -0.05) is 13.3 Å². The molecule has 0 aliphatic rings. The summed E-state index contributed by atoms with van der Waals surface area (Å²) in [5, 5.41) is 0. The van der Waals surface area contributed by atoms with Gasteiger partial charge in [-0.2, -0.15) is 0 Å². The minimum atomic E-state index is 0.0546. The predicted octanol–water partition coefficient (Wildman–Crippen LogP) is 2.50. The number of ether oxygens (including phenoxy) is 2. The number of hydrogen-bond acceptors (Lipinski definition) is 3. The highest BCUT2D eigenvalue weighted by atomic mass is 16.5. The van der Waals surface area contributed by atoms with Gasteiger partial charge in [0.2, 0.25) is 0 Å². The third kappa shape index (κ3) is 3.13. The van der Waals surface area contributed by atoms with E-state index in [9.17, 15) is 0 Å². The second kappa shape index (κ2) is 5.61. The van der Waals surface area contributed by atoms with Crippen molar-refractivity contribution >= 4 is 0 Å². The molecule has 84 valence electrons. The van der Waals surface area contributed by atoms with Crippen molar-refractivity contribution < 1.29 is 9.47 Å². The summed E-state index contributed by atoms with van der Waals surface area (Å²) < 4.78 is 10.4. The van der Waals surface area contributed by atoms with Crippen molar-refractivity contribution in [2.75, 3.05) is 14.2 Å². The second-order valence-corrected chi connectivity index (χ2v) is 3.54. The molecule has 0 radical (unpaired) electrons. The lowest BCUT2D eigenvalue weighted by Crippen LogP contribution is -2.10. The summed E-state index contributed by atoms with van der Waals surface area (Å²) in [5.74, 6) is 1.58. The van der Waals surface area contributed by atoms with Crippen LogP contribution in [0.3, 0.4) is 0 Å². The van der Waals surface area contributed by atoms with E-state index < -0.39 is 0 Å². The molecular weight excluding hydrogens is 190 g/mol. The molecule has 1 aromatic rings. The first-order valence-electron chi connectivity index (χ1n) is 5.19. The van der Waals surface area contributed by atoms with E-state index in [1.165, 1.54) is 0 Å². The maximum absolute atomic E-state index is 6.04. The zero-order valence-corrected chi connectivity index (χ0v) is 9.62. The molecule has 15 heavy (non-hydrogen) atoms. The largest absolute Gasteiger partial charge is 0.497 e. The Kier molecular flexibility index (Phi) is 4.43. The molecule has 0 saturated carbocycles. The first kappa shape index (κ1) is 11.9. The molecule has 0 saturated heterocycles. The first-order valence-corrected chi connectivity index (χ1v) is 5.19. The van der Waals surface area contributed by atoms with Crippen molar-refractivity contribution in [3.8, 4) is 11.5 Å². The smallest absolute Gasteiger partial charge is 0.122 e. The first-order chi connectivity index (χ1) is 7.21. The van der Waals surface area contributed by atoms with E-state index in [2.05, 4.69) is 6.92 Å². The van der Waals surface area contributed by atoms with E-state index in [-0.39, 0.29) is 6.04 Å². The molecule has 0 aliphatic carbocycles. The molecule has 0 bridgehead atoms. The van der Waals surface area contributed by atoms with Crippen molar-refractivity contribution in [2.24, 2.45) is 5.73 Å². The third-order valence-electron chi connectivity index (χ3n) is 2.40. The Balaban J connectivity index is 2.95. The van der Waals surface area contributed by atoms with Crippen LogP contribution in [0.2, 0.25) is 0 Å². The fourth-order valence-electron chi connectivity index (χ4n) is 1.52. The summed E-state index contributed by atoms with van der Waals surface area (Å²) in [5.41, 5.74) is 7.10. The predicted molar refractivity (Wildman–Crippen MR) is 61.4 cm³/mol. The fourth-order valence-corrected chi connectivity index (χ4v) is 1.52. The summed E-state index contributed by atoms with van der Waals surface area (Å²) in [6.45, 7) is 2.12. The summed E-state index contributed by atoms with van der Waals surface area (Å²) in [7, 11) is 3.29. The number of nitrogens with two attached hydrogens (primary N) is 1. The Labute approximate surface area is 91.2 Å². The van der Waals surface area contributed by atoms with Crippen LogP contribution in [0.5, 0.6) is 11.5 Å². The van der Waals surface area contributed by atoms with Gasteiger partial charge in [-0.15, -0.1) is 0 Å². The van der Waals surface area contributed by atoms with Crippen LogP contribution in [0.1, 0.15) is 31.4 Å². The molecule has 2 N–H and O–H groups in total. The third-order valence-corrected chi connectivity index (χ3v) is 2.40. The van der Waals surface area contributed by atoms with Crippen LogP contribution in [0.25, 0.3) is 0 Å². The molecule has 1 unspecified atom stereocenters. The highest BCUT2D eigenvalue weighted by Crippen LogP contribution is 2.27. The van der Waals surface area contributed by atoms with E-state index in [1.54, 1.807) is 14.2 Å². The topological polar surface area (TPSA) is 44.5 Å². The van der Waals surface area contributed by atoms with Gasteiger partial charge in [-0.3, -0.25) is 0 Å². The monoisotopic (exact) mass is 209 g/mol. The minimum absolute atomic E-state index is 0.0546. The van der Waals surface area contributed by atoms with Crippen LogP contribution in [-0.2, 0) is 0 Å². The van der Waals surface area contributed by atoms with Gasteiger partial charge >= 0.3 is 0 Å². The molecule has 3 nitrogen and oxygen atoms in total. The molecule has 0 aliphatic heterocycles. The van der Waals surface area contributed by atoms with Crippen LogP contribution in [0.15, 0.2) is 18.2 Å². The molecule has 0 aromatic heterocycles. The van der Waals surface area contributed by atoms with Gasteiger partial charge in [0.25, 0.3) is 0 Å². The van der Waals surface area contributed by atoms with E-state index in [1.807, 2.05) is 18.2 Å². The van der Waals surface area contributed by atoms with Gasteiger partial charge in [0.15, 0.2) is 0 Å². The molecule has 1 atom stereocenters. The molecule has 0 spiro atoms. The normalized spacial score (nSPS) is 12.3. The highest BCUT2D eigenvalue weighted by Gasteiger charge is 2.08. The van der Waals surface area contributed by atoms with Crippen LogP contribution in [-0.4, -0.2) is 14.2 Å². The number of hydrogen-bond donors (Lipinski definition) is 1. The Morgan fingerprint density at radius 2 is 1.67 bits per heavy atom. The van der Waals surface area contributed by atoms with E-state index >= 15 is 0 Å². The Morgan fingerprint density at radius 1 is 1.13 bits per heavy atom. The van der Waals surface area contributed by atoms with Crippen molar-refractivity contribution in [3.63, 3.8) is 0 Å². The maximum Gasteiger partial charge on any atom is 0.122 e. The van der Waals surface area contributed by atoms with Gasteiger partial charge in [0.1, 0.15) is 11.5 Å². The van der Waals surface area contributed by atoms with Crippen molar-refractivity contribution in [2.45, 2.75) is 25.8 Å². The molecular formula is C12H19NO2. The Hall–Kier alpha value is -1.22. The zero-order chi connectivity index (χ0) is 11.3. The number of rotatable bonds is 5. The molecule has 3 heteroatoms. The van der Waals surface area contributed by atoms with Crippen molar-refractivity contribution in [1.82, 2.24) is 0 Å². The van der Waals surface area contributed by atoms with Crippen LogP contribution >= 0.6 is 0 Å². The Bertz CT molecular complexity index is 290. The van der Waals surface area contributed by atoms with Gasteiger partial charge in [0, 0.05) is 12.1 Å². The van der Waals surface area contributed by atoms with E-state index in [0.717, 1.165) is 29.9 Å². The van der Waals surface area contributed by atoms with E-state index in [0.29, 0.717) is 0 Å². The van der Waals surface area contributed by atoms with Gasteiger partial charge in [-0.25, -0.2) is 0 Å². The highest BCUT2D eigenvalue weighted by molar-refractivity contribution is 5.39. The van der Waals surface area contributed by atoms with Crippen molar-refractivity contribution in [3.05, 3.63) is 23.8 Å². The molecule has 0 heterocycles. The fraction of sp³-hybridized carbons (Fsp3) is 0.500. The van der Waals surface area contributed by atoms with E-state index in [4.69, 9.17) is 15.2 Å². The maximum atomic E-state index is 6.04. The average molecular weight is 209 g/mol. The number of methoxy groups -OCH3 is 2. The van der Waals surface area contributed by atoms with Gasteiger partial charge < -0.3 is 15.2 Å². The minimum Gasteiger partial charge on any atom is -0.497 e. The Morgan fingerprint density at radius 3 is 2.07 bits per heavy atom. The standard InChI is InChI=1S/C12H19NO2/c1-4-5-12(13)9-6-10(14-2)8-11(7-9)15-3/h6-8,12H,4-5,13H2,1-3H3. The van der Waals surface area contributed by atoms with Gasteiger partial charge in [0.05, 0.1) is 14.2 Å². The van der Waals surface area contributed by atoms with Crippen LogP contribution in [0.4, 0.5) is 0 Å². The lowest BCUT2D eigenvalue weighted by atomic mass is 10.0. The quantitative estimate of drug-likeness (QED) is 0.810. The van der Waals surface area contributed by atoms with Gasteiger partial charge in [-0.05, 0) is 24.1 Å². The SMILES string of the molecule is CCCC(N)c1cc(OC)cc(OC)c1. The lowest BCUT2D eigenvalue weighted by molar-refractivity contribution is 0.392. The average Bonchev–Trinajstić information content (AvgIpc) is 2.28. The summed E-state index contributed by atoms with van der Waals surface area (Å²) >= 11 is 0. The molecule has 1 aromatic carbocycles. The molecule has 0 amide bonds. The molecule has 1 rings (SSSR count). The summed E-state index contributed by atoms with van der Waals surface area (Å²) in [6, 6.07) is 5.83.